The molecule has 0 saturated carbocycles. The van der Waals surface area contributed by atoms with Gasteiger partial charge in [0.05, 0.1) is 6.54 Å². The van der Waals surface area contributed by atoms with Gasteiger partial charge in [-0.1, -0.05) is 6.92 Å². The number of rotatable bonds is 6. The number of nitrogens with one attached hydrogen (secondary N) is 1. The molecule has 0 spiro atoms. The van der Waals surface area contributed by atoms with Gasteiger partial charge in [-0.3, -0.25) is 14.5 Å². The highest BCUT2D eigenvalue weighted by molar-refractivity contribution is 5.93. The van der Waals surface area contributed by atoms with Gasteiger partial charge >= 0.3 is 0 Å². The summed E-state index contributed by atoms with van der Waals surface area (Å²) in [7, 11) is 0. The molecule has 6 nitrogen and oxygen atoms in total. The van der Waals surface area contributed by atoms with Crippen LogP contribution in [0.5, 0.6) is 0 Å². The standard InChI is InChI=1S/C16H24N4O2/c1-2-7-18-15(21)12-19-8-10-20(11-9-19)14-5-3-13(4-6-14)16(17)22/h3-6H,2,7-12H2,1H3,(H2,17,22)(H,18,21). The van der Waals surface area contributed by atoms with Crippen LogP contribution >= 0.6 is 0 Å². The lowest BCUT2D eigenvalue weighted by Gasteiger charge is -2.35. The van der Waals surface area contributed by atoms with Crippen LogP contribution in [0, 0.1) is 0 Å². The second kappa shape index (κ2) is 7.79. The number of carbonyl (C=O) groups is 2. The van der Waals surface area contributed by atoms with Gasteiger partial charge in [-0.05, 0) is 30.7 Å². The summed E-state index contributed by atoms with van der Waals surface area (Å²) in [5.74, 6) is -0.310. The molecule has 1 aliphatic rings. The minimum Gasteiger partial charge on any atom is -0.369 e. The van der Waals surface area contributed by atoms with E-state index in [1.165, 1.54) is 0 Å². The van der Waals surface area contributed by atoms with Gasteiger partial charge in [-0.2, -0.15) is 0 Å². The number of hydrogen-bond donors (Lipinski definition) is 2. The number of primary amides is 1. The topological polar surface area (TPSA) is 78.7 Å². The molecule has 22 heavy (non-hydrogen) atoms. The summed E-state index contributed by atoms with van der Waals surface area (Å²) in [6.45, 7) is 6.71. The lowest BCUT2D eigenvalue weighted by molar-refractivity contribution is -0.122. The summed E-state index contributed by atoms with van der Waals surface area (Å²) >= 11 is 0. The van der Waals surface area contributed by atoms with Crippen molar-refractivity contribution in [3.63, 3.8) is 0 Å². The highest BCUT2D eigenvalue weighted by Crippen LogP contribution is 2.17. The molecule has 1 aliphatic heterocycles. The number of piperazine rings is 1. The zero-order chi connectivity index (χ0) is 15.9. The molecule has 1 aromatic rings. The number of anilines is 1. The summed E-state index contributed by atoms with van der Waals surface area (Å²) in [6.07, 6.45) is 0.959. The van der Waals surface area contributed by atoms with Gasteiger partial charge in [-0.15, -0.1) is 0 Å². The van der Waals surface area contributed by atoms with E-state index in [1.54, 1.807) is 12.1 Å². The maximum absolute atomic E-state index is 11.7. The van der Waals surface area contributed by atoms with Crippen LogP contribution < -0.4 is 16.0 Å². The van der Waals surface area contributed by atoms with Crippen LogP contribution in [0.4, 0.5) is 5.69 Å². The number of amides is 2. The first kappa shape index (κ1) is 16.3. The maximum Gasteiger partial charge on any atom is 0.248 e. The maximum atomic E-state index is 11.7. The Hall–Kier alpha value is -2.08. The molecule has 1 fully saturated rings. The van der Waals surface area contributed by atoms with Crippen molar-refractivity contribution in [1.29, 1.82) is 0 Å². The zero-order valence-corrected chi connectivity index (χ0v) is 13.0. The number of carbonyl (C=O) groups excluding carboxylic acids is 2. The first-order chi connectivity index (χ1) is 10.6. The van der Waals surface area contributed by atoms with E-state index < -0.39 is 5.91 Å². The number of hydrogen-bond acceptors (Lipinski definition) is 4. The third-order valence-corrected chi connectivity index (χ3v) is 3.83. The van der Waals surface area contributed by atoms with Crippen molar-refractivity contribution in [3.8, 4) is 0 Å². The summed E-state index contributed by atoms with van der Waals surface area (Å²) in [4.78, 5) is 27.2. The van der Waals surface area contributed by atoms with E-state index in [4.69, 9.17) is 5.73 Å². The molecular formula is C16H24N4O2. The Morgan fingerprint density at radius 2 is 1.77 bits per heavy atom. The van der Waals surface area contributed by atoms with Crippen molar-refractivity contribution < 1.29 is 9.59 Å². The lowest BCUT2D eigenvalue weighted by Crippen LogP contribution is -2.49. The van der Waals surface area contributed by atoms with E-state index in [0.717, 1.165) is 44.8 Å². The molecular weight excluding hydrogens is 280 g/mol. The summed E-state index contributed by atoms with van der Waals surface area (Å²) in [5, 5.41) is 2.90. The predicted molar refractivity (Wildman–Crippen MR) is 86.9 cm³/mol. The van der Waals surface area contributed by atoms with Gasteiger partial charge in [0, 0.05) is 44.0 Å². The molecule has 0 aliphatic carbocycles. The van der Waals surface area contributed by atoms with Gasteiger partial charge in [0.15, 0.2) is 0 Å². The number of benzene rings is 1. The van der Waals surface area contributed by atoms with Gasteiger partial charge in [0.25, 0.3) is 0 Å². The van der Waals surface area contributed by atoms with Crippen LogP contribution in [0.3, 0.4) is 0 Å². The van der Waals surface area contributed by atoms with Crippen molar-refractivity contribution in [3.05, 3.63) is 29.8 Å². The second-order valence-electron chi connectivity index (χ2n) is 5.52. The van der Waals surface area contributed by atoms with Crippen molar-refractivity contribution in [2.75, 3.05) is 44.2 Å². The van der Waals surface area contributed by atoms with Crippen LogP contribution in [-0.4, -0.2) is 56.0 Å². The SMILES string of the molecule is CCCNC(=O)CN1CCN(c2ccc(C(N)=O)cc2)CC1. The Bertz CT molecular complexity index is 507. The van der Waals surface area contributed by atoms with E-state index >= 15 is 0 Å². The first-order valence-electron chi connectivity index (χ1n) is 7.74. The second-order valence-corrected chi connectivity index (χ2v) is 5.52. The Labute approximate surface area is 131 Å². The fraction of sp³-hybridized carbons (Fsp3) is 0.500. The van der Waals surface area contributed by atoms with Crippen molar-refractivity contribution in [2.24, 2.45) is 5.73 Å². The fourth-order valence-electron chi connectivity index (χ4n) is 2.52. The van der Waals surface area contributed by atoms with Crippen LogP contribution in [-0.2, 0) is 4.79 Å². The van der Waals surface area contributed by atoms with Crippen LogP contribution in [0.15, 0.2) is 24.3 Å². The average molecular weight is 304 g/mol. The minimum atomic E-state index is -0.408. The Morgan fingerprint density at radius 3 is 2.32 bits per heavy atom. The molecule has 3 N–H and O–H groups in total. The molecule has 2 amide bonds. The smallest absolute Gasteiger partial charge is 0.248 e. The molecule has 0 atom stereocenters. The van der Waals surface area contributed by atoms with Crippen LogP contribution in [0.2, 0.25) is 0 Å². The molecule has 2 rings (SSSR count). The molecule has 6 heteroatoms. The number of nitrogens with zero attached hydrogens (tertiary/aromatic N) is 2. The summed E-state index contributed by atoms with van der Waals surface area (Å²) in [5.41, 5.74) is 6.85. The third kappa shape index (κ3) is 4.46. The normalized spacial score (nSPS) is 15.6. The summed E-state index contributed by atoms with van der Waals surface area (Å²) < 4.78 is 0. The van der Waals surface area contributed by atoms with Crippen LogP contribution in [0.1, 0.15) is 23.7 Å². The monoisotopic (exact) mass is 304 g/mol. The predicted octanol–water partition coefficient (Wildman–Crippen LogP) is 0.434. The Balaban J connectivity index is 1.81. The van der Waals surface area contributed by atoms with E-state index in [1.807, 2.05) is 19.1 Å². The quantitative estimate of drug-likeness (QED) is 0.799. The molecule has 0 radical (unpaired) electrons. The highest BCUT2D eigenvalue weighted by atomic mass is 16.2. The molecule has 0 aromatic heterocycles. The van der Waals surface area contributed by atoms with Crippen LogP contribution in [0.25, 0.3) is 0 Å². The van der Waals surface area contributed by atoms with Gasteiger partial charge in [0.2, 0.25) is 11.8 Å². The Kier molecular flexibility index (Phi) is 5.77. The van der Waals surface area contributed by atoms with Gasteiger partial charge < -0.3 is 16.0 Å². The van der Waals surface area contributed by atoms with Crippen molar-refractivity contribution in [1.82, 2.24) is 10.2 Å². The molecule has 0 unspecified atom stereocenters. The summed E-state index contributed by atoms with van der Waals surface area (Å²) in [6, 6.07) is 7.35. The molecule has 1 aromatic carbocycles. The first-order valence-corrected chi connectivity index (χ1v) is 7.74. The molecule has 120 valence electrons. The molecule has 0 bridgehead atoms. The Morgan fingerprint density at radius 1 is 1.14 bits per heavy atom. The molecule has 1 saturated heterocycles. The van der Waals surface area contributed by atoms with E-state index in [9.17, 15) is 9.59 Å². The zero-order valence-electron chi connectivity index (χ0n) is 13.0. The average Bonchev–Trinajstić information content (AvgIpc) is 2.54. The van der Waals surface area contributed by atoms with Gasteiger partial charge in [0.1, 0.15) is 0 Å². The number of nitrogens with two attached hydrogens (primary N) is 1. The largest absolute Gasteiger partial charge is 0.369 e. The minimum absolute atomic E-state index is 0.0983. The van der Waals surface area contributed by atoms with E-state index in [2.05, 4.69) is 15.1 Å². The molecule has 1 heterocycles. The van der Waals surface area contributed by atoms with E-state index in [-0.39, 0.29) is 5.91 Å². The highest BCUT2D eigenvalue weighted by Gasteiger charge is 2.19. The van der Waals surface area contributed by atoms with Crippen molar-refractivity contribution >= 4 is 17.5 Å². The third-order valence-electron chi connectivity index (χ3n) is 3.83. The fourth-order valence-corrected chi connectivity index (χ4v) is 2.52. The van der Waals surface area contributed by atoms with Crippen molar-refractivity contribution in [2.45, 2.75) is 13.3 Å². The van der Waals surface area contributed by atoms with Gasteiger partial charge in [-0.25, -0.2) is 0 Å². The lowest BCUT2D eigenvalue weighted by atomic mass is 10.1. The van der Waals surface area contributed by atoms with E-state index in [0.29, 0.717) is 12.1 Å².